The number of thioether (sulfide) groups is 1. The summed E-state index contributed by atoms with van der Waals surface area (Å²) in [5, 5.41) is 3.32. The fraction of sp³-hybridized carbons (Fsp3) is 0.0556. The molecule has 1 amide bonds. The van der Waals surface area contributed by atoms with E-state index < -0.39 is 0 Å². The molecule has 4 nitrogen and oxygen atoms in total. The van der Waals surface area contributed by atoms with Crippen molar-refractivity contribution in [2.45, 2.75) is 0 Å². The van der Waals surface area contributed by atoms with Crippen molar-refractivity contribution in [1.82, 2.24) is 5.32 Å². The van der Waals surface area contributed by atoms with Gasteiger partial charge in [0.25, 0.3) is 5.91 Å². The molecular formula is C18H11Cl2NO3S2. The van der Waals surface area contributed by atoms with E-state index >= 15 is 0 Å². The normalized spacial score (nSPS) is 15.2. The van der Waals surface area contributed by atoms with Crippen LogP contribution in [0.3, 0.4) is 0 Å². The lowest BCUT2D eigenvalue weighted by molar-refractivity contribution is -0.115. The molecule has 8 heteroatoms. The lowest BCUT2D eigenvalue weighted by Gasteiger charge is -2.07. The minimum absolute atomic E-state index is 0.145. The van der Waals surface area contributed by atoms with Crippen LogP contribution in [0.1, 0.15) is 15.9 Å². The summed E-state index contributed by atoms with van der Waals surface area (Å²) in [6.07, 6.45) is 1.74. The largest absolute Gasteiger partial charge is 0.485 e. The second kappa shape index (κ2) is 8.22. The molecule has 0 atom stereocenters. The average molecular weight is 424 g/mol. The van der Waals surface area contributed by atoms with Crippen molar-refractivity contribution in [2.75, 3.05) is 6.61 Å². The Bertz CT molecular complexity index is 927. The number of rotatable bonds is 5. The standard InChI is InChI=1S/C18H11Cl2NO3S2/c19-11-3-6-13(14(20)8-11)15(22)9-24-12-4-1-10(2-5-12)7-16-17(23)21-18(25)26-16/h1-8H,9H2,(H,21,23,25)/b16-7-. The number of benzene rings is 2. The van der Waals surface area contributed by atoms with Gasteiger partial charge in [0.15, 0.2) is 6.61 Å². The number of Topliss-reactive ketones (excluding diaryl/α,β-unsaturated/α-hetero) is 1. The summed E-state index contributed by atoms with van der Waals surface area (Å²) in [6.45, 7) is -0.145. The minimum atomic E-state index is -0.245. The molecule has 26 heavy (non-hydrogen) atoms. The van der Waals surface area contributed by atoms with Crippen LogP contribution in [0, 0.1) is 0 Å². The molecule has 1 N–H and O–H groups in total. The number of hydrogen-bond acceptors (Lipinski definition) is 5. The molecule has 1 aliphatic rings. The Morgan fingerprint density at radius 3 is 2.54 bits per heavy atom. The van der Waals surface area contributed by atoms with Gasteiger partial charge in [-0.2, -0.15) is 0 Å². The number of halogens is 2. The minimum Gasteiger partial charge on any atom is -0.485 e. The van der Waals surface area contributed by atoms with Gasteiger partial charge in [-0.3, -0.25) is 9.59 Å². The quantitative estimate of drug-likeness (QED) is 0.427. The molecule has 0 unspecified atom stereocenters. The zero-order valence-corrected chi connectivity index (χ0v) is 16.3. The maximum absolute atomic E-state index is 12.2. The Morgan fingerprint density at radius 2 is 1.92 bits per heavy atom. The van der Waals surface area contributed by atoms with Gasteiger partial charge in [0.2, 0.25) is 5.78 Å². The van der Waals surface area contributed by atoms with Gasteiger partial charge >= 0.3 is 0 Å². The molecule has 1 aliphatic heterocycles. The predicted octanol–water partition coefficient (Wildman–Crippen LogP) is 4.74. The van der Waals surface area contributed by atoms with Crippen LogP contribution in [0.5, 0.6) is 5.75 Å². The van der Waals surface area contributed by atoms with Crippen LogP contribution in [-0.2, 0) is 4.79 Å². The van der Waals surface area contributed by atoms with E-state index in [1.165, 1.54) is 17.8 Å². The highest BCUT2D eigenvalue weighted by Gasteiger charge is 2.21. The maximum Gasteiger partial charge on any atom is 0.263 e. The van der Waals surface area contributed by atoms with Crippen LogP contribution < -0.4 is 10.1 Å². The Balaban J connectivity index is 1.63. The monoisotopic (exact) mass is 423 g/mol. The third-order valence-corrected chi connectivity index (χ3v) is 5.13. The first-order valence-electron chi connectivity index (χ1n) is 7.38. The number of nitrogens with one attached hydrogen (secondary N) is 1. The van der Waals surface area contributed by atoms with E-state index in [9.17, 15) is 9.59 Å². The summed E-state index contributed by atoms with van der Waals surface area (Å²) in [4.78, 5) is 24.4. The number of carbonyl (C=O) groups excluding carboxylic acids is 2. The molecule has 0 aliphatic carbocycles. The van der Waals surface area contributed by atoms with E-state index in [1.54, 1.807) is 42.5 Å². The molecule has 2 aromatic carbocycles. The van der Waals surface area contributed by atoms with Crippen molar-refractivity contribution >= 4 is 69.3 Å². The highest BCUT2D eigenvalue weighted by atomic mass is 35.5. The first-order valence-corrected chi connectivity index (χ1v) is 9.36. The van der Waals surface area contributed by atoms with Crippen molar-refractivity contribution in [3.05, 3.63) is 68.5 Å². The van der Waals surface area contributed by atoms with E-state index in [0.29, 0.717) is 30.6 Å². The maximum atomic E-state index is 12.2. The van der Waals surface area contributed by atoms with Gasteiger partial charge in [0.1, 0.15) is 10.1 Å². The van der Waals surface area contributed by atoms with Gasteiger partial charge < -0.3 is 10.1 Å². The van der Waals surface area contributed by atoms with Crippen molar-refractivity contribution < 1.29 is 14.3 Å². The van der Waals surface area contributed by atoms with E-state index in [2.05, 4.69) is 5.32 Å². The number of thiocarbonyl (C=S) groups is 1. The number of hydrogen-bond donors (Lipinski definition) is 1. The molecule has 1 heterocycles. The third kappa shape index (κ3) is 4.65. The molecule has 0 radical (unpaired) electrons. The Hall–Kier alpha value is -1.86. The second-order valence-corrected chi connectivity index (χ2v) is 7.82. The first-order chi connectivity index (χ1) is 12.4. The van der Waals surface area contributed by atoms with E-state index in [1.807, 2.05) is 0 Å². The van der Waals surface area contributed by atoms with Crippen LogP contribution in [0.15, 0.2) is 47.4 Å². The average Bonchev–Trinajstić information content (AvgIpc) is 2.91. The van der Waals surface area contributed by atoms with Gasteiger partial charge in [-0.15, -0.1) is 0 Å². The van der Waals surface area contributed by atoms with Crippen molar-refractivity contribution in [3.63, 3.8) is 0 Å². The van der Waals surface area contributed by atoms with Crippen LogP contribution in [-0.4, -0.2) is 22.6 Å². The summed E-state index contributed by atoms with van der Waals surface area (Å²) in [6, 6.07) is 11.7. The van der Waals surface area contributed by atoms with E-state index in [-0.39, 0.29) is 18.3 Å². The third-order valence-electron chi connectivity index (χ3n) is 3.42. The molecule has 1 fully saturated rings. The van der Waals surface area contributed by atoms with E-state index in [0.717, 1.165) is 5.56 Å². The summed E-state index contributed by atoms with van der Waals surface area (Å²) >= 11 is 18.0. The number of carbonyl (C=O) groups is 2. The van der Waals surface area contributed by atoms with Gasteiger partial charge in [-0.1, -0.05) is 59.3 Å². The molecule has 0 aromatic heterocycles. The Morgan fingerprint density at radius 1 is 1.19 bits per heavy atom. The number of ketones is 1. The molecule has 0 saturated carbocycles. The second-order valence-electron chi connectivity index (χ2n) is 5.26. The molecule has 0 spiro atoms. The number of ether oxygens (including phenoxy) is 1. The molecule has 3 rings (SSSR count). The fourth-order valence-corrected chi connectivity index (χ4v) is 3.73. The van der Waals surface area contributed by atoms with Gasteiger partial charge in [-0.25, -0.2) is 0 Å². The van der Waals surface area contributed by atoms with Gasteiger partial charge in [0.05, 0.1) is 9.93 Å². The van der Waals surface area contributed by atoms with Gasteiger partial charge in [-0.05, 0) is 42.0 Å². The molecular weight excluding hydrogens is 413 g/mol. The molecule has 2 aromatic rings. The summed E-state index contributed by atoms with van der Waals surface area (Å²) < 4.78 is 5.95. The summed E-state index contributed by atoms with van der Waals surface area (Å²) in [7, 11) is 0. The van der Waals surface area contributed by atoms with Crippen molar-refractivity contribution in [2.24, 2.45) is 0 Å². The highest BCUT2D eigenvalue weighted by molar-refractivity contribution is 8.26. The Kier molecular flexibility index (Phi) is 5.98. The lowest BCUT2D eigenvalue weighted by atomic mass is 10.1. The SMILES string of the molecule is O=C1NC(=S)S/C1=C\c1ccc(OCC(=O)c2ccc(Cl)cc2Cl)cc1. The van der Waals surface area contributed by atoms with Crippen LogP contribution >= 0.6 is 47.2 Å². The zero-order chi connectivity index (χ0) is 18.7. The van der Waals surface area contributed by atoms with E-state index in [4.69, 9.17) is 40.2 Å². The number of amides is 1. The molecule has 0 bridgehead atoms. The van der Waals surface area contributed by atoms with Gasteiger partial charge in [0, 0.05) is 10.6 Å². The Labute approximate surface area is 169 Å². The fourth-order valence-electron chi connectivity index (χ4n) is 2.17. The van der Waals surface area contributed by atoms with Crippen molar-refractivity contribution in [1.29, 1.82) is 0 Å². The predicted molar refractivity (Wildman–Crippen MR) is 109 cm³/mol. The first kappa shape index (κ1) is 18.9. The van der Waals surface area contributed by atoms with Crippen LogP contribution in [0.25, 0.3) is 6.08 Å². The summed E-state index contributed by atoms with van der Waals surface area (Å²) in [5.74, 6) is 0.0841. The zero-order valence-electron chi connectivity index (χ0n) is 13.1. The van der Waals surface area contributed by atoms with Crippen LogP contribution in [0.4, 0.5) is 0 Å². The lowest BCUT2D eigenvalue weighted by Crippen LogP contribution is -2.17. The summed E-state index contributed by atoms with van der Waals surface area (Å²) in [5.41, 5.74) is 1.18. The van der Waals surface area contributed by atoms with Crippen molar-refractivity contribution in [3.8, 4) is 5.75 Å². The van der Waals surface area contributed by atoms with Crippen LogP contribution in [0.2, 0.25) is 10.0 Å². The molecule has 132 valence electrons. The highest BCUT2D eigenvalue weighted by Crippen LogP contribution is 2.26. The smallest absolute Gasteiger partial charge is 0.263 e. The molecule has 1 saturated heterocycles. The topological polar surface area (TPSA) is 55.4 Å².